The summed E-state index contributed by atoms with van der Waals surface area (Å²) in [7, 11) is 0. The minimum atomic E-state index is -0.0911. The van der Waals surface area contributed by atoms with Crippen molar-refractivity contribution >= 4 is 5.91 Å². The normalized spacial score (nSPS) is 18.1. The van der Waals surface area contributed by atoms with E-state index in [0.717, 1.165) is 31.6 Å². The van der Waals surface area contributed by atoms with Crippen molar-refractivity contribution in [2.24, 2.45) is 5.73 Å². The van der Waals surface area contributed by atoms with E-state index in [-0.39, 0.29) is 11.9 Å². The van der Waals surface area contributed by atoms with E-state index in [1.54, 1.807) is 12.5 Å². The third kappa shape index (κ3) is 2.85. The number of nitrogens with zero attached hydrogens (tertiary/aromatic N) is 3. The van der Waals surface area contributed by atoms with E-state index in [2.05, 4.69) is 4.98 Å². The number of hydrogen-bond acceptors (Lipinski definition) is 3. The Hall–Kier alpha value is -1.36. The molecule has 0 bridgehead atoms. The van der Waals surface area contributed by atoms with E-state index in [4.69, 9.17) is 5.73 Å². The van der Waals surface area contributed by atoms with Gasteiger partial charge in [0.1, 0.15) is 6.54 Å². The highest BCUT2D eigenvalue weighted by Crippen LogP contribution is 2.12. The topological polar surface area (TPSA) is 64.1 Å². The van der Waals surface area contributed by atoms with Crippen molar-refractivity contribution < 1.29 is 4.79 Å². The lowest BCUT2D eigenvalue weighted by atomic mass is 10.1. The molecule has 0 spiro atoms. The summed E-state index contributed by atoms with van der Waals surface area (Å²) in [5.74, 6) is 0.171. The zero-order valence-corrected chi connectivity index (χ0v) is 10.3. The van der Waals surface area contributed by atoms with Crippen LogP contribution in [0, 0.1) is 0 Å². The summed E-state index contributed by atoms with van der Waals surface area (Å²) in [5, 5.41) is 0. The Morgan fingerprint density at radius 1 is 1.47 bits per heavy atom. The van der Waals surface area contributed by atoms with Crippen LogP contribution in [-0.4, -0.2) is 33.4 Å². The van der Waals surface area contributed by atoms with E-state index < -0.39 is 0 Å². The number of rotatable bonds is 3. The molecule has 2 rings (SSSR count). The number of amides is 1. The van der Waals surface area contributed by atoms with Crippen LogP contribution in [-0.2, 0) is 11.3 Å². The van der Waals surface area contributed by atoms with Gasteiger partial charge in [-0.05, 0) is 26.2 Å². The SMILES string of the molecule is CC(N)c1cncn1CC(=O)N1CCCCC1. The zero-order chi connectivity index (χ0) is 12.3. The molecule has 2 N–H and O–H groups in total. The van der Waals surface area contributed by atoms with Crippen molar-refractivity contribution in [3.8, 4) is 0 Å². The number of nitrogens with two attached hydrogens (primary N) is 1. The number of piperidine rings is 1. The van der Waals surface area contributed by atoms with Crippen molar-refractivity contribution in [2.75, 3.05) is 13.1 Å². The van der Waals surface area contributed by atoms with Gasteiger partial charge in [-0.25, -0.2) is 4.98 Å². The number of hydrogen-bond donors (Lipinski definition) is 1. The molecule has 1 atom stereocenters. The highest BCUT2D eigenvalue weighted by Gasteiger charge is 2.18. The first-order valence-corrected chi connectivity index (χ1v) is 6.22. The summed E-state index contributed by atoms with van der Waals surface area (Å²) in [6, 6.07) is -0.0911. The van der Waals surface area contributed by atoms with Gasteiger partial charge in [-0.2, -0.15) is 0 Å². The zero-order valence-electron chi connectivity index (χ0n) is 10.3. The molecule has 1 aromatic rings. The van der Waals surface area contributed by atoms with E-state index in [0.29, 0.717) is 6.54 Å². The molecule has 0 saturated carbocycles. The Balaban J connectivity index is 1.99. The van der Waals surface area contributed by atoms with Crippen molar-refractivity contribution in [2.45, 2.75) is 38.8 Å². The minimum Gasteiger partial charge on any atom is -0.341 e. The van der Waals surface area contributed by atoms with Crippen molar-refractivity contribution in [3.05, 3.63) is 18.2 Å². The Kier molecular flexibility index (Phi) is 3.78. The average molecular weight is 236 g/mol. The van der Waals surface area contributed by atoms with E-state index in [1.165, 1.54) is 6.42 Å². The number of carbonyl (C=O) groups is 1. The molecule has 17 heavy (non-hydrogen) atoms. The summed E-state index contributed by atoms with van der Waals surface area (Å²) < 4.78 is 1.85. The Morgan fingerprint density at radius 3 is 2.82 bits per heavy atom. The van der Waals surface area contributed by atoms with E-state index in [9.17, 15) is 4.79 Å². The Morgan fingerprint density at radius 2 is 2.18 bits per heavy atom. The molecule has 94 valence electrons. The summed E-state index contributed by atoms with van der Waals surface area (Å²) in [5.41, 5.74) is 6.74. The van der Waals surface area contributed by atoms with Crippen molar-refractivity contribution in [1.82, 2.24) is 14.5 Å². The molecule has 1 aromatic heterocycles. The molecule has 1 aliphatic heterocycles. The molecule has 5 heteroatoms. The summed E-state index contributed by atoms with van der Waals surface area (Å²) in [4.78, 5) is 18.1. The number of likely N-dealkylation sites (tertiary alicyclic amines) is 1. The van der Waals surface area contributed by atoms with E-state index >= 15 is 0 Å². The number of imidazole rings is 1. The van der Waals surface area contributed by atoms with Gasteiger partial charge in [-0.1, -0.05) is 0 Å². The Labute approximate surface area is 102 Å². The maximum absolute atomic E-state index is 12.1. The van der Waals surface area contributed by atoms with Gasteiger partial charge in [-0.3, -0.25) is 4.79 Å². The molecule has 1 fully saturated rings. The molecule has 0 radical (unpaired) electrons. The summed E-state index contributed by atoms with van der Waals surface area (Å²) in [6.07, 6.45) is 6.89. The van der Waals surface area contributed by atoms with Crippen LogP contribution >= 0.6 is 0 Å². The van der Waals surface area contributed by atoms with Gasteiger partial charge in [0, 0.05) is 25.3 Å². The van der Waals surface area contributed by atoms with Gasteiger partial charge < -0.3 is 15.2 Å². The monoisotopic (exact) mass is 236 g/mol. The van der Waals surface area contributed by atoms with E-state index in [1.807, 2.05) is 16.4 Å². The second kappa shape index (κ2) is 5.31. The molecule has 1 amide bonds. The highest BCUT2D eigenvalue weighted by atomic mass is 16.2. The lowest BCUT2D eigenvalue weighted by Gasteiger charge is -2.27. The lowest BCUT2D eigenvalue weighted by Crippen LogP contribution is -2.38. The maximum atomic E-state index is 12.1. The molecule has 1 unspecified atom stereocenters. The molecule has 0 aliphatic carbocycles. The fraction of sp³-hybridized carbons (Fsp3) is 0.667. The first-order valence-electron chi connectivity index (χ1n) is 6.22. The second-order valence-corrected chi connectivity index (χ2v) is 4.68. The first-order chi connectivity index (χ1) is 8.18. The summed E-state index contributed by atoms with van der Waals surface area (Å²) >= 11 is 0. The van der Waals surface area contributed by atoms with Gasteiger partial charge >= 0.3 is 0 Å². The third-order valence-electron chi connectivity index (χ3n) is 3.23. The predicted octanol–water partition coefficient (Wildman–Crippen LogP) is 0.915. The van der Waals surface area contributed by atoms with Gasteiger partial charge in [0.05, 0.1) is 12.0 Å². The smallest absolute Gasteiger partial charge is 0.242 e. The number of aromatic nitrogens is 2. The molecular formula is C12H20N4O. The van der Waals surface area contributed by atoms with Crippen LogP contribution in [0.1, 0.15) is 37.9 Å². The second-order valence-electron chi connectivity index (χ2n) is 4.68. The first kappa shape index (κ1) is 12.1. The fourth-order valence-corrected chi connectivity index (χ4v) is 2.23. The largest absolute Gasteiger partial charge is 0.341 e. The molecule has 5 nitrogen and oxygen atoms in total. The quantitative estimate of drug-likeness (QED) is 0.848. The van der Waals surface area contributed by atoms with Crippen LogP contribution in [0.3, 0.4) is 0 Å². The minimum absolute atomic E-state index is 0.0911. The number of carbonyl (C=O) groups excluding carboxylic acids is 1. The summed E-state index contributed by atoms with van der Waals surface area (Å²) in [6.45, 7) is 4.04. The predicted molar refractivity (Wildman–Crippen MR) is 65.3 cm³/mol. The van der Waals surface area contributed by atoms with Gasteiger partial charge in [-0.15, -0.1) is 0 Å². The van der Waals surface area contributed by atoms with Crippen molar-refractivity contribution in [3.63, 3.8) is 0 Å². The van der Waals surface area contributed by atoms with Crippen molar-refractivity contribution in [1.29, 1.82) is 0 Å². The molecule has 2 heterocycles. The average Bonchev–Trinajstić information content (AvgIpc) is 2.78. The third-order valence-corrected chi connectivity index (χ3v) is 3.23. The van der Waals surface area contributed by atoms with Gasteiger partial charge in [0.25, 0.3) is 0 Å². The molecular weight excluding hydrogens is 216 g/mol. The maximum Gasteiger partial charge on any atom is 0.242 e. The molecule has 0 aromatic carbocycles. The van der Waals surface area contributed by atoms with Crippen LogP contribution < -0.4 is 5.73 Å². The van der Waals surface area contributed by atoms with Crippen LogP contribution in [0.15, 0.2) is 12.5 Å². The molecule has 1 aliphatic rings. The van der Waals surface area contributed by atoms with Crippen LogP contribution in [0.4, 0.5) is 0 Å². The Bertz CT molecular complexity index is 380. The highest BCUT2D eigenvalue weighted by molar-refractivity contribution is 5.76. The van der Waals surface area contributed by atoms with Crippen LogP contribution in [0.25, 0.3) is 0 Å². The van der Waals surface area contributed by atoms with Crippen LogP contribution in [0.2, 0.25) is 0 Å². The van der Waals surface area contributed by atoms with Gasteiger partial charge in [0.2, 0.25) is 5.91 Å². The van der Waals surface area contributed by atoms with Gasteiger partial charge in [0.15, 0.2) is 0 Å². The molecule has 1 saturated heterocycles. The fourth-order valence-electron chi connectivity index (χ4n) is 2.23. The van der Waals surface area contributed by atoms with Crippen LogP contribution in [0.5, 0.6) is 0 Å². The lowest BCUT2D eigenvalue weighted by molar-refractivity contribution is -0.132. The standard InChI is InChI=1S/C12H20N4O/c1-10(13)11-7-14-9-16(11)8-12(17)15-5-3-2-4-6-15/h7,9-10H,2-6,8,13H2,1H3.